The maximum Gasteiger partial charge on any atom is 0.417 e. The maximum absolute atomic E-state index is 12.4. The van der Waals surface area contributed by atoms with Gasteiger partial charge in [-0.25, -0.2) is 4.98 Å². The minimum absolute atomic E-state index is 0.334. The van der Waals surface area contributed by atoms with Crippen LogP contribution in [0, 0.1) is 0 Å². The van der Waals surface area contributed by atoms with Crippen molar-refractivity contribution in [2.45, 2.75) is 24.5 Å². The summed E-state index contributed by atoms with van der Waals surface area (Å²) in [4.78, 5) is 3.39. The number of anilines is 1. The summed E-state index contributed by atoms with van der Waals surface area (Å²) in [5.41, 5.74) is 0.265. The van der Waals surface area contributed by atoms with Gasteiger partial charge in [0.1, 0.15) is 0 Å². The smallest absolute Gasteiger partial charge is 0.278 e. The van der Waals surface area contributed by atoms with Gasteiger partial charge in [0.05, 0.1) is 5.56 Å². The summed E-state index contributed by atoms with van der Waals surface area (Å²) in [6.45, 7) is 1.92. The molecule has 2 aromatic rings. The number of rotatable bonds is 4. The van der Waals surface area contributed by atoms with Crippen molar-refractivity contribution in [3.63, 3.8) is 0 Å². The lowest BCUT2D eigenvalue weighted by atomic mass is 10.1. The molecule has 0 unspecified atom stereocenters. The van der Waals surface area contributed by atoms with Crippen LogP contribution in [0.15, 0.2) is 47.6 Å². The molecular weight excluding hydrogens is 317 g/mol. The van der Waals surface area contributed by atoms with Crippen molar-refractivity contribution in [1.29, 1.82) is 0 Å². The van der Waals surface area contributed by atoms with Crippen LogP contribution in [0.2, 0.25) is 0 Å². The van der Waals surface area contributed by atoms with E-state index in [0.717, 1.165) is 18.1 Å². The molecule has 2 rings (SSSR count). The number of hydrogen-bond acceptors (Lipinski definition) is 3. The Kier molecular flexibility index (Phi) is 4.41. The fourth-order valence-corrected chi connectivity index (χ4v) is 2.75. The Labute approximate surface area is 126 Å². The highest BCUT2D eigenvalue weighted by atomic mass is 32.2. The molecule has 1 aromatic carbocycles. The second kappa shape index (κ2) is 5.96. The van der Waals surface area contributed by atoms with Crippen LogP contribution in [0.3, 0.4) is 0 Å². The normalized spacial score (nSPS) is 12.2. The summed E-state index contributed by atoms with van der Waals surface area (Å²) in [5, 5.41) is -0.470. The quantitative estimate of drug-likeness (QED) is 0.934. The lowest BCUT2D eigenvalue weighted by molar-refractivity contribution is -0.137. The van der Waals surface area contributed by atoms with E-state index in [4.69, 9.17) is 0 Å². The van der Waals surface area contributed by atoms with E-state index in [0.29, 0.717) is 18.0 Å². The van der Waals surface area contributed by atoms with Crippen LogP contribution in [0.4, 0.5) is 18.9 Å². The number of nitrogens with zero attached hydrogens (tertiary/aromatic N) is 1. The predicted octanol–water partition coefficient (Wildman–Crippen LogP) is 3.46. The van der Waals surface area contributed by atoms with Gasteiger partial charge in [-0.2, -0.15) is 21.6 Å². The van der Waals surface area contributed by atoms with E-state index < -0.39 is 26.8 Å². The molecule has 1 N–H and O–H groups in total. The highest BCUT2D eigenvalue weighted by Gasteiger charge is 2.31. The van der Waals surface area contributed by atoms with Crippen LogP contribution in [-0.2, 0) is 22.6 Å². The molecule has 0 aliphatic rings. The van der Waals surface area contributed by atoms with Crippen molar-refractivity contribution in [2.24, 2.45) is 0 Å². The number of halogens is 3. The van der Waals surface area contributed by atoms with Crippen molar-refractivity contribution in [3.05, 3.63) is 53.7 Å². The Hall–Kier alpha value is -2.09. The molecule has 1 heterocycles. The topological polar surface area (TPSA) is 59.1 Å². The van der Waals surface area contributed by atoms with Gasteiger partial charge < -0.3 is 0 Å². The maximum atomic E-state index is 12.4. The van der Waals surface area contributed by atoms with Crippen LogP contribution in [0.25, 0.3) is 0 Å². The molecule has 0 amide bonds. The van der Waals surface area contributed by atoms with Crippen molar-refractivity contribution in [3.8, 4) is 0 Å². The molecule has 1 aromatic heterocycles. The standard InChI is InChI=1S/C14H13F3N2O2S/c1-2-10-4-3-5-12(8-10)19-22(20,21)13-7-6-11(9-18-13)14(15,16)17/h3-9,19H,2H2,1H3. The summed E-state index contributed by atoms with van der Waals surface area (Å²) < 4.78 is 63.8. The van der Waals surface area contributed by atoms with Gasteiger partial charge in [0.25, 0.3) is 10.0 Å². The molecule has 0 atom stereocenters. The first-order chi connectivity index (χ1) is 10.2. The third kappa shape index (κ3) is 3.76. The zero-order chi connectivity index (χ0) is 16.4. The molecule has 118 valence electrons. The molecular formula is C14H13F3N2O2S. The number of aryl methyl sites for hydroxylation is 1. The second-order valence-corrected chi connectivity index (χ2v) is 6.17. The second-order valence-electron chi connectivity index (χ2n) is 4.54. The Morgan fingerprint density at radius 1 is 1.18 bits per heavy atom. The molecule has 0 radical (unpaired) electrons. The Bertz CT molecular complexity index is 756. The summed E-state index contributed by atoms with van der Waals surface area (Å²) in [7, 11) is -4.03. The fourth-order valence-electron chi connectivity index (χ4n) is 1.77. The minimum Gasteiger partial charge on any atom is -0.278 e. The van der Waals surface area contributed by atoms with Crippen LogP contribution >= 0.6 is 0 Å². The number of benzene rings is 1. The number of sulfonamides is 1. The van der Waals surface area contributed by atoms with Crippen molar-refractivity contribution in [2.75, 3.05) is 4.72 Å². The van der Waals surface area contributed by atoms with Crippen LogP contribution < -0.4 is 4.72 Å². The highest BCUT2D eigenvalue weighted by molar-refractivity contribution is 7.92. The van der Waals surface area contributed by atoms with Gasteiger partial charge in [-0.15, -0.1) is 0 Å². The number of nitrogens with one attached hydrogen (secondary N) is 1. The van der Waals surface area contributed by atoms with Gasteiger partial charge in [-0.1, -0.05) is 19.1 Å². The van der Waals surface area contributed by atoms with Crippen molar-refractivity contribution >= 4 is 15.7 Å². The number of alkyl halides is 3. The molecule has 22 heavy (non-hydrogen) atoms. The lowest BCUT2D eigenvalue weighted by Gasteiger charge is -2.10. The first-order valence-corrected chi connectivity index (χ1v) is 7.85. The monoisotopic (exact) mass is 330 g/mol. The van der Waals surface area contributed by atoms with E-state index in [9.17, 15) is 21.6 Å². The highest BCUT2D eigenvalue weighted by Crippen LogP contribution is 2.29. The number of pyridine rings is 1. The Balaban J connectivity index is 2.26. The van der Waals surface area contributed by atoms with E-state index in [1.54, 1.807) is 18.2 Å². The lowest BCUT2D eigenvalue weighted by Crippen LogP contribution is -2.15. The van der Waals surface area contributed by atoms with Gasteiger partial charge in [-0.05, 0) is 36.2 Å². The molecule has 8 heteroatoms. The van der Waals surface area contributed by atoms with Crippen molar-refractivity contribution in [1.82, 2.24) is 4.98 Å². The average molecular weight is 330 g/mol. The van der Waals surface area contributed by atoms with Crippen molar-refractivity contribution < 1.29 is 21.6 Å². The van der Waals surface area contributed by atoms with Gasteiger partial charge in [0.2, 0.25) is 0 Å². The largest absolute Gasteiger partial charge is 0.417 e. The molecule has 0 saturated heterocycles. The first kappa shape index (κ1) is 16.3. The summed E-state index contributed by atoms with van der Waals surface area (Å²) in [6, 6.07) is 8.26. The van der Waals surface area contributed by atoms with E-state index in [1.165, 1.54) is 0 Å². The molecule has 0 bridgehead atoms. The Morgan fingerprint density at radius 2 is 1.91 bits per heavy atom. The van der Waals surface area contributed by atoms with Crippen LogP contribution in [-0.4, -0.2) is 13.4 Å². The molecule has 0 spiro atoms. The van der Waals surface area contributed by atoms with Crippen LogP contribution in [0.1, 0.15) is 18.1 Å². The molecule has 0 saturated carbocycles. The van der Waals surface area contributed by atoms with Gasteiger partial charge in [0.15, 0.2) is 5.03 Å². The third-order valence-corrected chi connectivity index (χ3v) is 4.22. The summed E-state index contributed by atoms with van der Waals surface area (Å²) >= 11 is 0. The average Bonchev–Trinajstić information content (AvgIpc) is 2.46. The molecule has 0 aliphatic heterocycles. The summed E-state index contributed by atoms with van der Waals surface area (Å²) in [5.74, 6) is 0. The fraction of sp³-hybridized carbons (Fsp3) is 0.214. The number of hydrogen-bond donors (Lipinski definition) is 1. The zero-order valence-electron chi connectivity index (χ0n) is 11.6. The predicted molar refractivity (Wildman–Crippen MR) is 75.9 cm³/mol. The SMILES string of the molecule is CCc1cccc(NS(=O)(=O)c2ccc(C(F)(F)F)cn2)c1. The van der Waals surface area contributed by atoms with Gasteiger partial charge >= 0.3 is 6.18 Å². The number of aromatic nitrogens is 1. The molecule has 4 nitrogen and oxygen atoms in total. The van der Waals surface area contributed by atoms with Gasteiger partial charge in [0, 0.05) is 11.9 Å². The zero-order valence-corrected chi connectivity index (χ0v) is 12.4. The third-order valence-electron chi connectivity index (χ3n) is 2.93. The Morgan fingerprint density at radius 3 is 2.45 bits per heavy atom. The van der Waals surface area contributed by atoms with Gasteiger partial charge in [-0.3, -0.25) is 4.72 Å². The molecule has 0 aliphatic carbocycles. The minimum atomic E-state index is -4.56. The first-order valence-electron chi connectivity index (χ1n) is 6.37. The van der Waals surface area contributed by atoms with E-state index in [1.807, 2.05) is 13.0 Å². The van der Waals surface area contributed by atoms with E-state index >= 15 is 0 Å². The van der Waals surface area contributed by atoms with Crippen LogP contribution in [0.5, 0.6) is 0 Å². The summed E-state index contributed by atoms with van der Waals surface area (Å²) in [6.07, 6.45) is -3.33. The molecule has 0 fully saturated rings. The van der Waals surface area contributed by atoms with E-state index in [2.05, 4.69) is 9.71 Å². The van der Waals surface area contributed by atoms with E-state index in [-0.39, 0.29) is 0 Å².